The second kappa shape index (κ2) is 7.44. The molecule has 1 aromatic carbocycles. The molecule has 1 aliphatic heterocycles. The van der Waals surface area contributed by atoms with Gasteiger partial charge in [0.25, 0.3) is 0 Å². The lowest BCUT2D eigenvalue weighted by molar-refractivity contribution is -0.139. The highest BCUT2D eigenvalue weighted by Crippen LogP contribution is 2.02. The standard InChI is InChI=1S/C15H19N3O4/c1-11(14(20)18-8-7-16-13(19)9-18)17-15(21)22-10-12-5-3-2-4-6-12/h2-6,11H,7-10H2,1H3,(H,16,19)(H,17,21)/t11-/m1/s1. The molecule has 2 rings (SSSR count). The first kappa shape index (κ1) is 15.8. The largest absolute Gasteiger partial charge is 0.445 e. The van der Waals surface area contributed by atoms with Crippen molar-refractivity contribution in [1.82, 2.24) is 15.5 Å². The van der Waals surface area contributed by atoms with Crippen molar-refractivity contribution in [3.8, 4) is 0 Å². The van der Waals surface area contributed by atoms with Gasteiger partial charge in [-0.3, -0.25) is 9.59 Å². The van der Waals surface area contributed by atoms with Crippen LogP contribution < -0.4 is 10.6 Å². The lowest BCUT2D eigenvalue weighted by Crippen LogP contribution is -2.55. The SMILES string of the molecule is C[C@@H](NC(=O)OCc1ccccc1)C(=O)N1CCNC(=O)C1. The minimum atomic E-state index is -0.742. The van der Waals surface area contributed by atoms with Crippen LogP contribution in [0.4, 0.5) is 4.79 Å². The maximum absolute atomic E-state index is 12.1. The number of alkyl carbamates (subject to hydrolysis) is 1. The van der Waals surface area contributed by atoms with Crippen LogP contribution in [-0.4, -0.2) is 48.5 Å². The van der Waals surface area contributed by atoms with E-state index in [0.717, 1.165) is 5.56 Å². The first-order valence-corrected chi connectivity index (χ1v) is 7.09. The number of piperazine rings is 1. The quantitative estimate of drug-likeness (QED) is 0.835. The zero-order valence-electron chi connectivity index (χ0n) is 12.4. The minimum absolute atomic E-state index is 0.0178. The number of hydrogen-bond donors (Lipinski definition) is 2. The van der Waals surface area contributed by atoms with Crippen molar-refractivity contribution in [2.75, 3.05) is 19.6 Å². The molecule has 3 amide bonds. The summed E-state index contributed by atoms with van der Waals surface area (Å²) in [4.78, 5) is 36.5. The molecule has 0 spiro atoms. The maximum Gasteiger partial charge on any atom is 0.408 e. The van der Waals surface area contributed by atoms with Crippen molar-refractivity contribution in [3.63, 3.8) is 0 Å². The predicted molar refractivity (Wildman–Crippen MR) is 78.8 cm³/mol. The average molecular weight is 305 g/mol. The normalized spacial score (nSPS) is 15.7. The maximum atomic E-state index is 12.1. The van der Waals surface area contributed by atoms with Crippen LogP contribution in [0.15, 0.2) is 30.3 Å². The fourth-order valence-corrected chi connectivity index (χ4v) is 2.10. The van der Waals surface area contributed by atoms with E-state index in [1.807, 2.05) is 30.3 Å². The van der Waals surface area contributed by atoms with Gasteiger partial charge in [-0.2, -0.15) is 0 Å². The highest BCUT2D eigenvalue weighted by atomic mass is 16.5. The van der Waals surface area contributed by atoms with E-state index in [-0.39, 0.29) is 25.0 Å². The molecule has 7 nitrogen and oxygen atoms in total. The molecule has 0 saturated carbocycles. The summed E-state index contributed by atoms with van der Waals surface area (Å²) in [7, 11) is 0. The number of carbonyl (C=O) groups is 3. The van der Waals surface area contributed by atoms with Crippen molar-refractivity contribution in [1.29, 1.82) is 0 Å². The van der Waals surface area contributed by atoms with Crippen molar-refractivity contribution < 1.29 is 19.1 Å². The van der Waals surface area contributed by atoms with Crippen LogP contribution in [0.25, 0.3) is 0 Å². The summed E-state index contributed by atoms with van der Waals surface area (Å²) in [5, 5.41) is 5.12. The number of benzene rings is 1. The van der Waals surface area contributed by atoms with Gasteiger partial charge in [-0.05, 0) is 12.5 Å². The third-order valence-corrected chi connectivity index (χ3v) is 3.27. The zero-order valence-corrected chi connectivity index (χ0v) is 12.4. The van der Waals surface area contributed by atoms with Crippen molar-refractivity contribution in [3.05, 3.63) is 35.9 Å². The molecule has 0 radical (unpaired) electrons. The van der Waals surface area contributed by atoms with Gasteiger partial charge in [0.2, 0.25) is 11.8 Å². The second-order valence-electron chi connectivity index (χ2n) is 5.04. The van der Waals surface area contributed by atoms with Crippen molar-refractivity contribution >= 4 is 17.9 Å². The van der Waals surface area contributed by atoms with E-state index in [9.17, 15) is 14.4 Å². The number of amides is 3. The molecule has 1 aliphatic rings. The number of rotatable bonds is 4. The van der Waals surface area contributed by atoms with Crippen LogP contribution in [0.3, 0.4) is 0 Å². The molecule has 1 aromatic rings. The Kier molecular flexibility index (Phi) is 5.35. The molecule has 7 heteroatoms. The van der Waals surface area contributed by atoms with Crippen LogP contribution in [0.1, 0.15) is 12.5 Å². The fourth-order valence-electron chi connectivity index (χ4n) is 2.10. The Labute approximate surface area is 128 Å². The van der Waals surface area contributed by atoms with Crippen LogP contribution in [0.2, 0.25) is 0 Å². The van der Waals surface area contributed by atoms with Gasteiger partial charge in [-0.25, -0.2) is 4.79 Å². The molecule has 0 aliphatic carbocycles. The van der Waals surface area contributed by atoms with Crippen LogP contribution in [0, 0.1) is 0 Å². The summed E-state index contributed by atoms with van der Waals surface area (Å²) in [6, 6.07) is 8.52. The molecule has 22 heavy (non-hydrogen) atoms. The Bertz CT molecular complexity index is 547. The Morgan fingerprint density at radius 1 is 1.36 bits per heavy atom. The summed E-state index contributed by atoms with van der Waals surface area (Å²) < 4.78 is 5.06. The Morgan fingerprint density at radius 2 is 2.09 bits per heavy atom. The van der Waals surface area contributed by atoms with E-state index in [0.29, 0.717) is 13.1 Å². The van der Waals surface area contributed by atoms with E-state index >= 15 is 0 Å². The number of ether oxygens (including phenoxy) is 1. The van der Waals surface area contributed by atoms with Gasteiger partial charge in [0, 0.05) is 13.1 Å². The second-order valence-corrected chi connectivity index (χ2v) is 5.04. The molecular weight excluding hydrogens is 286 g/mol. The molecule has 1 atom stereocenters. The van der Waals surface area contributed by atoms with E-state index < -0.39 is 12.1 Å². The third-order valence-electron chi connectivity index (χ3n) is 3.27. The lowest BCUT2D eigenvalue weighted by Gasteiger charge is -2.29. The predicted octanol–water partition coefficient (Wildman–Crippen LogP) is 0.260. The van der Waals surface area contributed by atoms with Gasteiger partial charge in [0.15, 0.2) is 0 Å². The van der Waals surface area contributed by atoms with Gasteiger partial charge in [-0.1, -0.05) is 30.3 Å². The van der Waals surface area contributed by atoms with Crippen molar-refractivity contribution in [2.24, 2.45) is 0 Å². The van der Waals surface area contributed by atoms with E-state index in [1.165, 1.54) is 4.90 Å². The molecule has 0 aromatic heterocycles. The Hall–Kier alpha value is -2.57. The smallest absolute Gasteiger partial charge is 0.408 e. The van der Waals surface area contributed by atoms with Crippen LogP contribution in [0.5, 0.6) is 0 Å². The van der Waals surface area contributed by atoms with Gasteiger partial charge < -0.3 is 20.3 Å². The Balaban J connectivity index is 1.78. The fraction of sp³-hybridized carbons (Fsp3) is 0.400. The topological polar surface area (TPSA) is 87.7 Å². The molecular formula is C15H19N3O4. The summed E-state index contributed by atoms with van der Waals surface area (Å²) >= 11 is 0. The highest BCUT2D eigenvalue weighted by molar-refractivity contribution is 5.90. The summed E-state index contributed by atoms with van der Waals surface area (Å²) in [6.45, 7) is 2.59. The van der Waals surface area contributed by atoms with Gasteiger partial charge in [-0.15, -0.1) is 0 Å². The monoisotopic (exact) mass is 305 g/mol. The van der Waals surface area contributed by atoms with Gasteiger partial charge in [0.05, 0.1) is 6.54 Å². The van der Waals surface area contributed by atoms with Gasteiger partial charge >= 0.3 is 6.09 Å². The first-order chi connectivity index (χ1) is 10.6. The van der Waals surface area contributed by atoms with Gasteiger partial charge in [0.1, 0.15) is 12.6 Å². The third kappa shape index (κ3) is 4.47. The highest BCUT2D eigenvalue weighted by Gasteiger charge is 2.26. The van der Waals surface area contributed by atoms with Crippen molar-refractivity contribution in [2.45, 2.75) is 19.6 Å². The molecule has 118 valence electrons. The summed E-state index contributed by atoms with van der Waals surface area (Å²) in [5.41, 5.74) is 0.865. The van der Waals surface area contributed by atoms with E-state index in [1.54, 1.807) is 6.92 Å². The lowest BCUT2D eigenvalue weighted by atomic mass is 10.2. The average Bonchev–Trinajstić information content (AvgIpc) is 2.53. The van der Waals surface area contributed by atoms with Crippen LogP contribution >= 0.6 is 0 Å². The number of hydrogen-bond acceptors (Lipinski definition) is 4. The molecule has 1 heterocycles. The molecule has 1 fully saturated rings. The number of nitrogens with zero attached hydrogens (tertiary/aromatic N) is 1. The molecule has 0 bridgehead atoms. The number of nitrogens with one attached hydrogen (secondary N) is 2. The van der Waals surface area contributed by atoms with E-state index in [2.05, 4.69) is 10.6 Å². The minimum Gasteiger partial charge on any atom is -0.445 e. The first-order valence-electron chi connectivity index (χ1n) is 7.09. The zero-order chi connectivity index (χ0) is 15.9. The molecule has 1 saturated heterocycles. The van der Waals surface area contributed by atoms with E-state index in [4.69, 9.17) is 4.74 Å². The molecule has 2 N–H and O–H groups in total. The summed E-state index contributed by atoms with van der Waals surface area (Å²) in [6.07, 6.45) is -0.661. The summed E-state index contributed by atoms with van der Waals surface area (Å²) in [5.74, 6) is -0.495. The Morgan fingerprint density at radius 3 is 2.77 bits per heavy atom. The molecule has 0 unspecified atom stereocenters. The van der Waals surface area contributed by atoms with Crippen LogP contribution in [-0.2, 0) is 20.9 Å². The number of carbonyl (C=O) groups excluding carboxylic acids is 3.